The highest BCUT2D eigenvalue weighted by Crippen LogP contribution is 1.98. The quantitative estimate of drug-likeness (QED) is 0.614. The fraction of sp³-hybridized carbons (Fsp3) is 0.333. The van der Waals surface area contributed by atoms with E-state index in [-0.39, 0.29) is 5.83 Å². The summed E-state index contributed by atoms with van der Waals surface area (Å²) in [6.45, 7) is 5.73. The fourth-order valence-electron chi connectivity index (χ4n) is 0.625. The summed E-state index contributed by atoms with van der Waals surface area (Å²) in [5.41, 5.74) is 0.976. The second-order valence-corrected chi connectivity index (χ2v) is 2.23. The Morgan fingerprint density at radius 2 is 2.18 bits per heavy atom. The van der Waals surface area contributed by atoms with Crippen molar-refractivity contribution in [3.05, 3.63) is 36.2 Å². The SMILES string of the molecule is C=C/C(=C\C=C(/C)F)CNC. The average molecular weight is 155 g/mol. The Hall–Kier alpha value is -0.890. The third kappa shape index (κ3) is 5.55. The van der Waals surface area contributed by atoms with Crippen molar-refractivity contribution in [3.63, 3.8) is 0 Å². The normalized spacial score (nSPS) is 13.4. The molecule has 0 bridgehead atoms. The van der Waals surface area contributed by atoms with Crippen LogP contribution in [0.1, 0.15) is 6.92 Å². The lowest BCUT2D eigenvalue weighted by Gasteiger charge is -1.96. The number of rotatable bonds is 4. The minimum atomic E-state index is -0.194. The molecule has 0 heterocycles. The van der Waals surface area contributed by atoms with Crippen molar-refractivity contribution in [2.45, 2.75) is 6.92 Å². The zero-order valence-electron chi connectivity index (χ0n) is 7.02. The van der Waals surface area contributed by atoms with Crippen LogP contribution in [0.3, 0.4) is 0 Å². The molecule has 1 nitrogen and oxygen atoms in total. The average Bonchev–Trinajstić information content (AvgIpc) is 1.97. The van der Waals surface area contributed by atoms with Gasteiger partial charge in [0.2, 0.25) is 0 Å². The molecule has 0 atom stereocenters. The van der Waals surface area contributed by atoms with Gasteiger partial charge in [0.25, 0.3) is 0 Å². The van der Waals surface area contributed by atoms with Gasteiger partial charge in [0.15, 0.2) is 0 Å². The van der Waals surface area contributed by atoms with E-state index in [1.807, 2.05) is 7.05 Å². The smallest absolute Gasteiger partial charge is 0.0968 e. The number of nitrogens with one attached hydrogen (secondary N) is 1. The maximum atomic E-state index is 12.2. The zero-order chi connectivity index (χ0) is 8.69. The van der Waals surface area contributed by atoms with Gasteiger partial charge >= 0.3 is 0 Å². The van der Waals surface area contributed by atoms with Gasteiger partial charge in [-0.05, 0) is 25.6 Å². The number of likely N-dealkylation sites (N-methyl/N-ethyl adjacent to an activating group) is 1. The molecule has 0 spiro atoms. The van der Waals surface area contributed by atoms with Crippen LogP contribution in [0, 0.1) is 0 Å². The van der Waals surface area contributed by atoms with Crippen molar-refractivity contribution in [2.24, 2.45) is 0 Å². The summed E-state index contributed by atoms with van der Waals surface area (Å²) in [5, 5.41) is 2.95. The molecule has 62 valence electrons. The Balaban J connectivity index is 4.11. The molecule has 0 saturated carbocycles. The van der Waals surface area contributed by atoms with Crippen LogP contribution in [0.25, 0.3) is 0 Å². The first-order chi connectivity index (χ1) is 5.20. The van der Waals surface area contributed by atoms with Gasteiger partial charge in [-0.2, -0.15) is 0 Å². The molecule has 0 aromatic rings. The van der Waals surface area contributed by atoms with E-state index >= 15 is 0 Å². The highest BCUT2D eigenvalue weighted by atomic mass is 19.1. The molecule has 0 aliphatic rings. The number of hydrogen-bond donors (Lipinski definition) is 1. The van der Waals surface area contributed by atoms with Crippen molar-refractivity contribution in [1.82, 2.24) is 5.32 Å². The summed E-state index contributed by atoms with van der Waals surface area (Å²) in [6.07, 6.45) is 4.84. The van der Waals surface area contributed by atoms with Crippen LogP contribution in [0.5, 0.6) is 0 Å². The number of halogens is 1. The minimum absolute atomic E-state index is 0.194. The van der Waals surface area contributed by atoms with Crippen molar-refractivity contribution >= 4 is 0 Å². The summed E-state index contributed by atoms with van der Waals surface area (Å²) in [7, 11) is 1.84. The van der Waals surface area contributed by atoms with Gasteiger partial charge in [0.05, 0.1) is 5.83 Å². The second kappa shape index (κ2) is 5.86. The van der Waals surface area contributed by atoms with Gasteiger partial charge in [-0.1, -0.05) is 18.7 Å². The third-order valence-corrected chi connectivity index (χ3v) is 1.17. The third-order valence-electron chi connectivity index (χ3n) is 1.17. The maximum absolute atomic E-state index is 12.2. The Bertz CT molecular complexity index is 176. The zero-order valence-corrected chi connectivity index (χ0v) is 7.02. The molecule has 0 fully saturated rings. The minimum Gasteiger partial charge on any atom is -0.316 e. The van der Waals surface area contributed by atoms with E-state index in [4.69, 9.17) is 0 Å². The van der Waals surface area contributed by atoms with Crippen LogP contribution < -0.4 is 5.32 Å². The first-order valence-corrected chi connectivity index (χ1v) is 3.50. The van der Waals surface area contributed by atoms with E-state index in [2.05, 4.69) is 11.9 Å². The first-order valence-electron chi connectivity index (χ1n) is 3.50. The van der Waals surface area contributed by atoms with Crippen molar-refractivity contribution in [1.29, 1.82) is 0 Å². The molecular formula is C9H14FN. The lowest BCUT2D eigenvalue weighted by atomic mass is 10.2. The summed E-state index contributed by atoms with van der Waals surface area (Å²) < 4.78 is 12.2. The van der Waals surface area contributed by atoms with E-state index in [9.17, 15) is 4.39 Å². The van der Waals surface area contributed by atoms with Crippen molar-refractivity contribution in [3.8, 4) is 0 Å². The van der Waals surface area contributed by atoms with E-state index in [1.165, 1.54) is 13.0 Å². The highest BCUT2D eigenvalue weighted by Gasteiger charge is 1.86. The van der Waals surface area contributed by atoms with E-state index in [1.54, 1.807) is 12.2 Å². The predicted molar refractivity (Wildman–Crippen MR) is 47.1 cm³/mol. The van der Waals surface area contributed by atoms with Gasteiger partial charge < -0.3 is 5.32 Å². The molecule has 1 N–H and O–H groups in total. The molecule has 0 rings (SSSR count). The molecule has 2 heteroatoms. The molecular weight excluding hydrogens is 141 g/mol. The molecule has 0 saturated heterocycles. The van der Waals surface area contributed by atoms with Crippen LogP contribution >= 0.6 is 0 Å². The van der Waals surface area contributed by atoms with Gasteiger partial charge in [-0.15, -0.1) is 0 Å². The Morgan fingerprint density at radius 1 is 1.55 bits per heavy atom. The fourth-order valence-corrected chi connectivity index (χ4v) is 0.625. The maximum Gasteiger partial charge on any atom is 0.0968 e. The van der Waals surface area contributed by atoms with Crippen molar-refractivity contribution in [2.75, 3.05) is 13.6 Å². The monoisotopic (exact) mass is 155 g/mol. The molecule has 11 heavy (non-hydrogen) atoms. The first kappa shape index (κ1) is 10.1. The molecule has 0 aliphatic heterocycles. The molecule has 0 aliphatic carbocycles. The van der Waals surface area contributed by atoms with Crippen LogP contribution in [0.2, 0.25) is 0 Å². The van der Waals surface area contributed by atoms with Gasteiger partial charge in [-0.25, -0.2) is 4.39 Å². The van der Waals surface area contributed by atoms with Crippen molar-refractivity contribution < 1.29 is 4.39 Å². The summed E-state index contributed by atoms with van der Waals surface area (Å²) in [6, 6.07) is 0. The lowest BCUT2D eigenvalue weighted by Crippen LogP contribution is -2.08. The predicted octanol–water partition coefficient (Wildman–Crippen LogP) is 2.19. The molecule has 0 aromatic carbocycles. The van der Waals surface area contributed by atoms with Crippen LogP contribution in [0.15, 0.2) is 36.2 Å². The number of allylic oxidation sites excluding steroid dienone is 3. The van der Waals surface area contributed by atoms with E-state index < -0.39 is 0 Å². The van der Waals surface area contributed by atoms with Crippen LogP contribution in [0.4, 0.5) is 4.39 Å². The highest BCUT2D eigenvalue weighted by molar-refractivity contribution is 5.23. The Labute approximate surface area is 67.3 Å². The summed E-state index contributed by atoms with van der Waals surface area (Å²) in [4.78, 5) is 0. The molecule has 0 aromatic heterocycles. The van der Waals surface area contributed by atoms with Gasteiger partial charge in [-0.3, -0.25) is 0 Å². The van der Waals surface area contributed by atoms with Crippen LogP contribution in [-0.2, 0) is 0 Å². The largest absolute Gasteiger partial charge is 0.316 e. The lowest BCUT2D eigenvalue weighted by molar-refractivity contribution is 0.640. The Morgan fingerprint density at radius 3 is 2.55 bits per heavy atom. The summed E-state index contributed by atoms with van der Waals surface area (Å²) >= 11 is 0. The summed E-state index contributed by atoms with van der Waals surface area (Å²) in [5.74, 6) is -0.194. The molecule has 0 unspecified atom stereocenters. The Kier molecular flexibility index (Phi) is 5.39. The molecule has 0 amide bonds. The molecule has 0 radical (unpaired) electrons. The van der Waals surface area contributed by atoms with Gasteiger partial charge in [0.1, 0.15) is 0 Å². The van der Waals surface area contributed by atoms with E-state index in [0.29, 0.717) is 6.54 Å². The number of hydrogen-bond acceptors (Lipinski definition) is 1. The van der Waals surface area contributed by atoms with E-state index in [0.717, 1.165) is 5.57 Å². The van der Waals surface area contributed by atoms with Gasteiger partial charge in [0, 0.05) is 6.54 Å². The second-order valence-electron chi connectivity index (χ2n) is 2.23. The standard InChI is InChI=1S/C9H14FN/c1-4-9(7-11-3)6-5-8(2)10/h4-6,11H,1,7H2,2-3H3/b8-5+,9-6+. The van der Waals surface area contributed by atoms with Crippen LogP contribution in [-0.4, -0.2) is 13.6 Å². The topological polar surface area (TPSA) is 12.0 Å².